The molecule has 2 atom stereocenters. The van der Waals surface area contributed by atoms with Gasteiger partial charge in [-0.25, -0.2) is 12.8 Å². The molecule has 1 saturated heterocycles. The Morgan fingerprint density at radius 1 is 1.44 bits per heavy atom. The normalized spacial score (nSPS) is 41.1. The zero-order valence-corrected chi connectivity index (χ0v) is 5.44. The first-order valence-corrected chi connectivity index (χ1v) is 4.36. The highest BCUT2D eigenvalue weighted by molar-refractivity contribution is 7.91. The van der Waals surface area contributed by atoms with Gasteiger partial charge in [0.05, 0.1) is 11.5 Å². The second-order valence-corrected chi connectivity index (χ2v) is 4.31. The number of hydrogen-bond donors (Lipinski definition) is 1. The molecule has 0 aromatic carbocycles. The van der Waals surface area contributed by atoms with Crippen LogP contribution in [0.2, 0.25) is 0 Å². The first-order valence-electron chi connectivity index (χ1n) is 2.54. The summed E-state index contributed by atoms with van der Waals surface area (Å²) in [6, 6.07) is 0. The summed E-state index contributed by atoms with van der Waals surface area (Å²) in [6.45, 7) is 0. The van der Waals surface area contributed by atoms with E-state index in [0.29, 0.717) is 0 Å². The molecule has 1 N–H and O–H groups in total. The van der Waals surface area contributed by atoms with E-state index in [1.807, 2.05) is 0 Å². The third-order valence-electron chi connectivity index (χ3n) is 1.26. The van der Waals surface area contributed by atoms with Crippen LogP contribution in [0.15, 0.2) is 0 Å². The van der Waals surface area contributed by atoms with E-state index >= 15 is 0 Å². The fraction of sp³-hybridized carbons (Fsp3) is 1.00. The van der Waals surface area contributed by atoms with Crippen LogP contribution >= 0.6 is 0 Å². The van der Waals surface area contributed by atoms with Crippen molar-refractivity contribution in [3.8, 4) is 0 Å². The Bertz CT molecular complexity index is 182. The molecule has 1 rings (SSSR count). The van der Waals surface area contributed by atoms with Gasteiger partial charge in [-0.15, -0.1) is 0 Å². The summed E-state index contributed by atoms with van der Waals surface area (Å²) in [4.78, 5) is 0. The summed E-state index contributed by atoms with van der Waals surface area (Å²) in [6.07, 6.45) is -2.87. The van der Waals surface area contributed by atoms with Crippen molar-refractivity contribution in [2.24, 2.45) is 0 Å². The van der Waals surface area contributed by atoms with Crippen molar-refractivity contribution in [1.29, 1.82) is 0 Å². The summed E-state index contributed by atoms with van der Waals surface area (Å²) in [5, 5.41) is 8.58. The van der Waals surface area contributed by atoms with Crippen LogP contribution in [0.3, 0.4) is 0 Å². The second-order valence-electron chi connectivity index (χ2n) is 2.16. The number of hydrogen-bond acceptors (Lipinski definition) is 3. The van der Waals surface area contributed by atoms with Gasteiger partial charge in [0.1, 0.15) is 12.3 Å². The van der Waals surface area contributed by atoms with Gasteiger partial charge in [0.15, 0.2) is 9.84 Å². The number of alkyl halides is 1. The molecule has 5 heteroatoms. The van der Waals surface area contributed by atoms with Gasteiger partial charge in [-0.05, 0) is 0 Å². The van der Waals surface area contributed by atoms with Crippen molar-refractivity contribution >= 4 is 9.84 Å². The van der Waals surface area contributed by atoms with Crippen molar-refractivity contribution < 1.29 is 17.9 Å². The Morgan fingerprint density at radius 2 is 2.00 bits per heavy atom. The van der Waals surface area contributed by atoms with E-state index in [1.165, 1.54) is 0 Å². The van der Waals surface area contributed by atoms with Crippen LogP contribution in [0.1, 0.15) is 0 Å². The standard InChI is InChI=1S/C4H7FO3S/c5-3-1-9(7,8)2-4(3)6/h3-4,6H,1-2H2/t3-,4+/m1/s1. The SMILES string of the molecule is O=S1(=O)C[C@@H](F)[C@@H](O)C1. The number of aliphatic hydroxyl groups excluding tert-OH is 1. The maximum absolute atomic E-state index is 12.2. The minimum absolute atomic E-state index is 0.422. The molecule has 0 aliphatic carbocycles. The van der Waals surface area contributed by atoms with E-state index in [4.69, 9.17) is 5.11 Å². The average molecular weight is 154 g/mol. The van der Waals surface area contributed by atoms with Gasteiger partial charge >= 0.3 is 0 Å². The van der Waals surface area contributed by atoms with Crippen molar-refractivity contribution in [2.45, 2.75) is 12.3 Å². The van der Waals surface area contributed by atoms with Crippen LogP contribution in [-0.2, 0) is 9.84 Å². The Kier molecular flexibility index (Phi) is 1.48. The summed E-state index contributed by atoms with van der Waals surface area (Å²) >= 11 is 0. The molecule has 0 radical (unpaired) electrons. The largest absolute Gasteiger partial charge is 0.389 e. The van der Waals surface area contributed by atoms with Gasteiger partial charge < -0.3 is 5.11 Å². The van der Waals surface area contributed by atoms with Gasteiger partial charge in [0, 0.05) is 0 Å². The Hall–Kier alpha value is -0.160. The molecule has 3 nitrogen and oxygen atoms in total. The molecule has 0 unspecified atom stereocenters. The van der Waals surface area contributed by atoms with E-state index in [0.717, 1.165) is 0 Å². The Labute approximate surface area is 52.4 Å². The lowest BCUT2D eigenvalue weighted by Crippen LogP contribution is -2.17. The number of aliphatic hydroxyl groups is 1. The zero-order valence-electron chi connectivity index (χ0n) is 4.62. The van der Waals surface area contributed by atoms with Crippen molar-refractivity contribution in [3.63, 3.8) is 0 Å². The smallest absolute Gasteiger partial charge is 0.155 e. The number of rotatable bonds is 0. The Morgan fingerprint density at radius 3 is 2.11 bits per heavy atom. The van der Waals surface area contributed by atoms with Gasteiger partial charge in [-0.2, -0.15) is 0 Å². The van der Waals surface area contributed by atoms with Gasteiger partial charge in [0.2, 0.25) is 0 Å². The zero-order chi connectivity index (χ0) is 7.07. The predicted octanol–water partition coefficient (Wildman–Crippen LogP) is -0.886. The van der Waals surface area contributed by atoms with E-state index in [-0.39, 0.29) is 0 Å². The van der Waals surface area contributed by atoms with E-state index in [2.05, 4.69) is 0 Å². The van der Waals surface area contributed by atoms with Crippen molar-refractivity contribution in [3.05, 3.63) is 0 Å². The molecule has 1 heterocycles. The third-order valence-corrected chi connectivity index (χ3v) is 2.93. The highest BCUT2D eigenvalue weighted by Gasteiger charge is 2.36. The molecule has 0 amide bonds. The van der Waals surface area contributed by atoms with Crippen molar-refractivity contribution in [1.82, 2.24) is 0 Å². The second kappa shape index (κ2) is 1.91. The van der Waals surface area contributed by atoms with Gasteiger partial charge in [0.25, 0.3) is 0 Å². The lowest BCUT2D eigenvalue weighted by Gasteiger charge is -1.97. The topological polar surface area (TPSA) is 54.4 Å². The molecule has 0 bridgehead atoms. The molecule has 9 heavy (non-hydrogen) atoms. The predicted molar refractivity (Wildman–Crippen MR) is 29.6 cm³/mol. The lowest BCUT2D eigenvalue weighted by molar-refractivity contribution is 0.118. The minimum Gasteiger partial charge on any atom is -0.389 e. The van der Waals surface area contributed by atoms with E-state index < -0.39 is 33.6 Å². The first kappa shape index (κ1) is 6.95. The summed E-state index contributed by atoms with van der Waals surface area (Å²) in [5.41, 5.74) is 0. The fourth-order valence-corrected chi connectivity index (χ4v) is 2.36. The highest BCUT2D eigenvalue weighted by atomic mass is 32.2. The molecule has 0 spiro atoms. The van der Waals surface area contributed by atoms with Gasteiger partial charge in [-0.3, -0.25) is 0 Å². The third kappa shape index (κ3) is 1.40. The fourth-order valence-electron chi connectivity index (χ4n) is 0.786. The number of halogens is 1. The Balaban J connectivity index is 2.77. The minimum atomic E-state index is -3.27. The summed E-state index contributed by atoms with van der Waals surface area (Å²) in [7, 11) is -3.27. The van der Waals surface area contributed by atoms with Crippen LogP contribution < -0.4 is 0 Å². The maximum atomic E-state index is 12.2. The summed E-state index contributed by atoms with van der Waals surface area (Å²) in [5.74, 6) is -0.942. The van der Waals surface area contributed by atoms with Crippen LogP contribution in [0.5, 0.6) is 0 Å². The van der Waals surface area contributed by atoms with Gasteiger partial charge in [-0.1, -0.05) is 0 Å². The average Bonchev–Trinajstić information content (AvgIpc) is 1.79. The van der Waals surface area contributed by atoms with E-state index in [1.54, 1.807) is 0 Å². The molecule has 0 saturated carbocycles. The van der Waals surface area contributed by atoms with Crippen LogP contribution in [0.25, 0.3) is 0 Å². The highest BCUT2D eigenvalue weighted by Crippen LogP contribution is 2.14. The quantitative estimate of drug-likeness (QED) is 0.492. The molecular weight excluding hydrogens is 147 g/mol. The lowest BCUT2D eigenvalue weighted by atomic mass is 10.3. The molecule has 1 aliphatic heterocycles. The van der Waals surface area contributed by atoms with E-state index in [9.17, 15) is 12.8 Å². The van der Waals surface area contributed by atoms with Crippen LogP contribution in [-0.4, -0.2) is 37.3 Å². The summed E-state index contributed by atoms with van der Waals surface area (Å²) < 4.78 is 33.1. The molecule has 54 valence electrons. The molecule has 0 aromatic heterocycles. The van der Waals surface area contributed by atoms with Crippen molar-refractivity contribution in [2.75, 3.05) is 11.5 Å². The first-order chi connectivity index (χ1) is 4.01. The monoisotopic (exact) mass is 154 g/mol. The molecule has 1 fully saturated rings. The van der Waals surface area contributed by atoms with Crippen LogP contribution in [0.4, 0.5) is 4.39 Å². The maximum Gasteiger partial charge on any atom is 0.155 e. The van der Waals surface area contributed by atoms with Crippen LogP contribution in [0, 0.1) is 0 Å². The molecular formula is C4H7FO3S. The molecule has 0 aromatic rings. The molecule has 1 aliphatic rings. The number of sulfone groups is 1.